The molecule has 114 valence electrons. The number of aliphatic hydroxyl groups is 1. The molecule has 2 N–H and O–H groups in total. The molecular weight excluding hydrogens is 289 g/mol. The summed E-state index contributed by atoms with van der Waals surface area (Å²) in [6, 6.07) is 10.5. The fraction of sp³-hybridized carbons (Fsp3) is 0.188. The molecule has 2 aromatic rings. The quantitative estimate of drug-likeness (QED) is 0.914. The zero-order valence-corrected chi connectivity index (χ0v) is 11.6. The Morgan fingerprint density at radius 2 is 1.95 bits per heavy atom. The maximum Gasteiger partial charge on any atom is 0.414 e. The fourth-order valence-electron chi connectivity index (χ4n) is 2.38. The Bertz CT molecular complexity index is 702. The first kappa shape index (κ1) is 14.3. The number of nitrogens with zero attached hydrogens (tertiary/aromatic N) is 1. The van der Waals surface area contributed by atoms with Gasteiger partial charge in [-0.15, -0.1) is 0 Å². The number of aromatic hydroxyl groups is 1. The molecule has 0 saturated carbocycles. The van der Waals surface area contributed by atoms with Crippen molar-refractivity contribution in [3.63, 3.8) is 0 Å². The molecule has 0 spiro atoms. The van der Waals surface area contributed by atoms with Crippen LogP contribution >= 0.6 is 0 Å². The van der Waals surface area contributed by atoms with E-state index >= 15 is 0 Å². The smallest absolute Gasteiger partial charge is 0.414 e. The van der Waals surface area contributed by atoms with Crippen LogP contribution in [0.5, 0.6) is 5.75 Å². The molecule has 0 bridgehead atoms. The third-order valence-electron chi connectivity index (χ3n) is 3.52. The highest BCUT2D eigenvalue weighted by Crippen LogP contribution is 2.29. The second kappa shape index (κ2) is 5.65. The van der Waals surface area contributed by atoms with Gasteiger partial charge in [-0.2, -0.15) is 0 Å². The van der Waals surface area contributed by atoms with Gasteiger partial charge in [0.05, 0.1) is 13.2 Å². The van der Waals surface area contributed by atoms with Crippen LogP contribution in [0.15, 0.2) is 42.5 Å². The van der Waals surface area contributed by atoms with Crippen molar-refractivity contribution < 1.29 is 24.1 Å². The van der Waals surface area contributed by atoms with E-state index in [4.69, 9.17) is 9.84 Å². The van der Waals surface area contributed by atoms with Crippen LogP contribution in [0.4, 0.5) is 14.9 Å². The number of hydrogen-bond donors (Lipinski definition) is 2. The van der Waals surface area contributed by atoms with Gasteiger partial charge in [-0.05, 0) is 35.9 Å². The van der Waals surface area contributed by atoms with E-state index < -0.39 is 18.0 Å². The summed E-state index contributed by atoms with van der Waals surface area (Å²) in [5, 5.41) is 18.5. The minimum atomic E-state index is -0.532. The second-order valence-corrected chi connectivity index (χ2v) is 5.01. The van der Waals surface area contributed by atoms with E-state index in [9.17, 15) is 14.3 Å². The average molecular weight is 303 g/mol. The summed E-state index contributed by atoms with van der Waals surface area (Å²) in [6.45, 7) is 0.0456. The highest BCUT2D eigenvalue weighted by molar-refractivity contribution is 5.90. The Morgan fingerprint density at radius 3 is 2.59 bits per heavy atom. The molecule has 22 heavy (non-hydrogen) atoms. The van der Waals surface area contributed by atoms with Crippen molar-refractivity contribution in [2.45, 2.75) is 6.10 Å². The lowest BCUT2D eigenvalue weighted by molar-refractivity contribution is 0.0963. The molecule has 3 rings (SSSR count). The van der Waals surface area contributed by atoms with Crippen molar-refractivity contribution >= 4 is 11.8 Å². The van der Waals surface area contributed by atoms with Gasteiger partial charge in [0.25, 0.3) is 0 Å². The second-order valence-electron chi connectivity index (χ2n) is 5.01. The van der Waals surface area contributed by atoms with Gasteiger partial charge in [0.15, 0.2) is 0 Å². The lowest BCUT2D eigenvalue weighted by atomic mass is 10.0. The monoisotopic (exact) mass is 303 g/mol. The Kier molecular flexibility index (Phi) is 3.68. The van der Waals surface area contributed by atoms with Gasteiger partial charge in [0.1, 0.15) is 17.7 Å². The lowest BCUT2D eigenvalue weighted by Gasteiger charge is -2.13. The maximum atomic E-state index is 13.8. The summed E-state index contributed by atoms with van der Waals surface area (Å²) in [4.78, 5) is 13.1. The van der Waals surface area contributed by atoms with E-state index in [1.54, 1.807) is 24.3 Å². The van der Waals surface area contributed by atoms with Gasteiger partial charge in [-0.3, -0.25) is 4.90 Å². The first-order valence-corrected chi connectivity index (χ1v) is 6.76. The van der Waals surface area contributed by atoms with Crippen LogP contribution in [-0.2, 0) is 4.74 Å². The SMILES string of the molecule is O=C1O[C@@H](CO)CN1c1ccc(-c2cc(O)ccc2F)cc1. The third kappa shape index (κ3) is 2.60. The van der Waals surface area contributed by atoms with Crippen LogP contribution in [0, 0.1) is 5.82 Å². The normalized spacial score (nSPS) is 17.6. The van der Waals surface area contributed by atoms with Crippen molar-refractivity contribution in [3.05, 3.63) is 48.3 Å². The van der Waals surface area contributed by atoms with E-state index in [1.807, 2.05) is 0 Å². The Morgan fingerprint density at radius 1 is 1.23 bits per heavy atom. The van der Waals surface area contributed by atoms with Crippen LogP contribution in [0.1, 0.15) is 0 Å². The summed E-state index contributed by atoms with van der Waals surface area (Å²) in [5.41, 5.74) is 1.47. The first-order valence-electron chi connectivity index (χ1n) is 6.76. The topological polar surface area (TPSA) is 70.0 Å². The number of benzene rings is 2. The molecule has 0 aliphatic carbocycles. The van der Waals surface area contributed by atoms with E-state index in [0.717, 1.165) is 0 Å². The lowest BCUT2D eigenvalue weighted by Crippen LogP contribution is -2.25. The predicted octanol–water partition coefficient (Wildman–Crippen LogP) is 2.52. The molecular formula is C16H14FNO4. The predicted molar refractivity (Wildman–Crippen MR) is 78.2 cm³/mol. The average Bonchev–Trinajstić information content (AvgIpc) is 2.91. The number of carbonyl (C=O) groups is 1. The number of ether oxygens (including phenoxy) is 1. The minimum absolute atomic E-state index is 0.0191. The van der Waals surface area contributed by atoms with Crippen LogP contribution in [0.25, 0.3) is 11.1 Å². The van der Waals surface area contributed by atoms with Crippen LogP contribution in [0.2, 0.25) is 0 Å². The number of halogens is 1. The summed E-state index contributed by atoms with van der Waals surface area (Å²) in [6.07, 6.45) is -1.05. The molecule has 1 heterocycles. The fourth-order valence-corrected chi connectivity index (χ4v) is 2.38. The molecule has 1 saturated heterocycles. The number of phenolic OH excluding ortho intramolecular Hbond substituents is 1. The van der Waals surface area contributed by atoms with Gasteiger partial charge in [0, 0.05) is 11.3 Å². The van der Waals surface area contributed by atoms with Crippen molar-refractivity contribution in [3.8, 4) is 16.9 Å². The van der Waals surface area contributed by atoms with Gasteiger partial charge < -0.3 is 14.9 Å². The zero-order chi connectivity index (χ0) is 15.7. The molecule has 0 aromatic heterocycles. The van der Waals surface area contributed by atoms with E-state index in [0.29, 0.717) is 11.3 Å². The summed E-state index contributed by atoms with van der Waals surface area (Å²) in [7, 11) is 0. The summed E-state index contributed by atoms with van der Waals surface area (Å²) in [5.74, 6) is -0.458. The Balaban J connectivity index is 1.87. The van der Waals surface area contributed by atoms with Crippen molar-refractivity contribution in [2.24, 2.45) is 0 Å². The number of phenols is 1. The number of hydrogen-bond acceptors (Lipinski definition) is 4. The molecule has 1 atom stereocenters. The van der Waals surface area contributed by atoms with Gasteiger partial charge in [0.2, 0.25) is 0 Å². The number of rotatable bonds is 3. The molecule has 1 aliphatic rings. The van der Waals surface area contributed by atoms with E-state index in [1.165, 1.54) is 23.1 Å². The van der Waals surface area contributed by atoms with E-state index in [-0.39, 0.29) is 24.5 Å². The highest BCUT2D eigenvalue weighted by atomic mass is 19.1. The number of amides is 1. The zero-order valence-electron chi connectivity index (χ0n) is 11.6. The van der Waals surface area contributed by atoms with Crippen molar-refractivity contribution in [2.75, 3.05) is 18.1 Å². The van der Waals surface area contributed by atoms with Gasteiger partial charge in [-0.1, -0.05) is 12.1 Å². The largest absolute Gasteiger partial charge is 0.508 e. The van der Waals surface area contributed by atoms with Gasteiger partial charge in [-0.25, -0.2) is 9.18 Å². The van der Waals surface area contributed by atoms with Crippen molar-refractivity contribution in [1.29, 1.82) is 0 Å². The van der Waals surface area contributed by atoms with Crippen LogP contribution < -0.4 is 4.90 Å². The van der Waals surface area contributed by atoms with Crippen LogP contribution in [-0.4, -0.2) is 35.6 Å². The standard InChI is InChI=1S/C16H14FNO4/c17-15-6-5-12(20)7-14(15)10-1-3-11(4-2-10)18-8-13(9-19)22-16(18)21/h1-7,13,19-20H,8-9H2/t13-/m1/s1. The van der Waals surface area contributed by atoms with Gasteiger partial charge >= 0.3 is 6.09 Å². The molecule has 1 amide bonds. The molecule has 0 unspecified atom stereocenters. The van der Waals surface area contributed by atoms with E-state index in [2.05, 4.69) is 0 Å². The van der Waals surface area contributed by atoms with Crippen molar-refractivity contribution in [1.82, 2.24) is 0 Å². The van der Waals surface area contributed by atoms with Crippen LogP contribution in [0.3, 0.4) is 0 Å². The maximum absolute atomic E-state index is 13.8. The Labute approximate surface area is 126 Å². The number of cyclic esters (lactones) is 1. The Hall–Kier alpha value is -2.60. The summed E-state index contributed by atoms with van der Waals surface area (Å²) < 4.78 is 18.8. The minimum Gasteiger partial charge on any atom is -0.508 e. The highest BCUT2D eigenvalue weighted by Gasteiger charge is 2.31. The molecule has 0 radical (unpaired) electrons. The molecule has 1 fully saturated rings. The molecule has 1 aliphatic heterocycles. The number of anilines is 1. The molecule has 2 aromatic carbocycles. The summed E-state index contributed by atoms with van der Waals surface area (Å²) >= 11 is 0. The third-order valence-corrected chi connectivity index (χ3v) is 3.52. The number of aliphatic hydroxyl groups excluding tert-OH is 1. The molecule has 5 nitrogen and oxygen atoms in total. The first-order chi connectivity index (χ1) is 10.6. The molecule has 6 heteroatoms. The number of carbonyl (C=O) groups excluding carboxylic acids is 1.